The summed E-state index contributed by atoms with van der Waals surface area (Å²) in [7, 11) is 4.03. The van der Waals surface area contributed by atoms with Crippen molar-refractivity contribution in [2.45, 2.75) is 71.4 Å². The summed E-state index contributed by atoms with van der Waals surface area (Å²) in [6, 6.07) is 16.2. The van der Waals surface area contributed by atoms with Gasteiger partial charge in [0.2, 0.25) is 11.8 Å². The van der Waals surface area contributed by atoms with Crippen LogP contribution in [0.1, 0.15) is 69.9 Å². The molecule has 1 aliphatic rings. The Morgan fingerprint density at radius 3 is 2.27 bits per heavy atom. The third-order valence-electron chi connectivity index (χ3n) is 6.96. The first-order valence-electron chi connectivity index (χ1n) is 12.3. The highest BCUT2D eigenvalue weighted by atomic mass is 16.2. The number of anilines is 2. The fourth-order valence-corrected chi connectivity index (χ4v) is 4.43. The Morgan fingerprint density at radius 1 is 1.03 bits per heavy atom. The van der Waals surface area contributed by atoms with Crippen LogP contribution in [0.5, 0.6) is 0 Å². The van der Waals surface area contributed by atoms with Crippen LogP contribution in [-0.2, 0) is 16.1 Å². The van der Waals surface area contributed by atoms with E-state index < -0.39 is 0 Å². The van der Waals surface area contributed by atoms with Crippen LogP contribution in [0.4, 0.5) is 11.4 Å². The molecular formula is C28H39N3O2. The van der Waals surface area contributed by atoms with Crippen LogP contribution in [0.25, 0.3) is 0 Å². The molecule has 2 unspecified atom stereocenters. The Bertz CT molecular complexity index is 937. The number of benzene rings is 2. The summed E-state index contributed by atoms with van der Waals surface area (Å²) >= 11 is 0. The standard InChI is InChI=1S/C28H39N3O2/c1-6-20(3)31(28(33)25(7-2)21-12-9-8-10-13-21)19-23-18-24(16-17-26(23)30(4)5)29-27(32)22-14-11-15-22/h8-10,12-13,16-18,20,22,25H,6-7,11,14-15,19H2,1-5H3,(H,29,32). The van der Waals surface area contributed by atoms with E-state index in [9.17, 15) is 9.59 Å². The molecule has 2 amide bonds. The van der Waals surface area contributed by atoms with Crippen molar-refractivity contribution in [3.63, 3.8) is 0 Å². The van der Waals surface area contributed by atoms with Gasteiger partial charge in [-0.05, 0) is 61.9 Å². The molecule has 1 fully saturated rings. The molecule has 1 N–H and O–H groups in total. The van der Waals surface area contributed by atoms with Crippen LogP contribution < -0.4 is 10.2 Å². The van der Waals surface area contributed by atoms with Gasteiger partial charge in [-0.2, -0.15) is 0 Å². The van der Waals surface area contributed by atoms with E-state index >= 15 is 0 Å². The van der Waals surface area contributed by atoms with Crippen LogP contribution in [0.15, 0.2) is 48.5 Å². The van der Waals surface area contributed by atoms with Crippen molar-refractivity contribution in [2.24, 2.45) is 5.92 Å². The number of hydrogen-bond acceptors (Lipinski definition) is 3. The largest absolute Gasteiger partial charge is 0.377 e. The van der Waals surface area contributed by atoms with E-state index in [1.807, 2.05) is 67.5 Å². The number of carbonyl (C=O) groups excluding carboxylic acids is 2. The maximum atomic E-state index is 13.8. The average Bonchev–Trinajstić information content (AvgIpc) is 2.76. The summed E-state index contributed by atoms with van der Waals surface area (Å²) in [5.41, 5.74) is 3.97. The van der Waals surface area contributed by atoms with Crippen molar-refractivity contribution in [1.29, 1.82) is 0 Å². The second kappa shape index (κ2) is 11.4. The topological polar surface area (TPSA) is 52.7 Å². The summed E-state index contributed by atoms with van der Waals surface area (Å²) in [5.74, 6) is 0.238. The van der Waals surface area contributed by atoms with Gasteiger partial charge in [0.1, 0.15) is 0 Å². The van der Waals surface area contributed by atoms with E-state index in [2.05, 4.69) is 31.0 Å². The van der Waals surface area contributed by atoms with Gasteiger partial charge < -0.3 is 15.1 Å². The summed E-state index contributed by atoms with van der Waals surface area (Å²) < 4.78 is 0. The zero-order chi connectivity index (χ0) is 24.0. The number of amides is 2. The lowest BCUT2D eigenvalue weighted by molar-refractivity contribution is -0.135. The minimum Gasteiger partial charge on any atom is -0.377 e. The summed E-state index contributed by atoms with van der Waals surface area (Å²) in [5, 5.41) is 3.09. The molecule has 1 aliphatic carbocycles. The minimum atomic E-state index is -0.162. The first-order valence-corrected chi connectivity index (χ1v) is 12.3. The monoisotopic (exact) mass is 449 g/mol. The predicted octanol–water partition coefficient (Wildman–Crippen LogP) is 5.81. The third-order valence-corrected chi connectivity index (χ3v) is 6.96. The van der Waals surface area contributed by atoms with E-state index in [1.54, 1.807) is 0 Å². The van der Waals surface area contributed by atoms with Crippen LogP contribution in [-0.4, -0.2) is 36.9 Å². The fraction of sp³-hybridized carbons (Fsp3) is 0.500. The molecule has 33 heavy (non-hydrogen) atoms. The van der Waals surface area contributed by atoms with Gasteiger partial charge in [0, 0.05) is 44.0 Å². The van der Waals surface area contributed by atoms with Crippen molar-refractivity contribution in [3.05, 3.63) is 59.7 Å². The molecular weight excluding hydrogens is 410 g/mol. The number of hydrogen-bond donors (Lipinski definition) is 1. The summed E-state index contributed by atoms with van der Waals surface area (Å²) in [6.07, 6.45) is 4.72. The molecule has 0 spiro atoms. The van der Waals surface area contributed by atoms with E-state index in [-0.39, 0.29) is 29.7 Å². The molecule has 3 rings (SSSR count). The first-order chi connectivity index (χ1) is 15.8. The number of rotatable bonds is 10. The van der Waals surface area contributed by atoms with Gasteiger partial charge in [0.15, 0.2) is 0 Å². The highest BCUT2D eigenvalue weighted by molar-refractivity contribution is 5.93. The molecule has 0 bridgehead atoms. The second-order valence-electron chi connectivity index (χ2n) is 9.45. The Hall–Kier alpha value is -2.82. The maximum absolute atomic E-state index is 13.8. The molecule has 178 valence electrons. The van der Waals surface area contributed by atoms with Crippen LogP contribution in [0, 0.1) is 5.92 Å². The predicted molar refractivity (Wildman–Crippen MR) is 137 cm³/mol. The first kappa shape index (κ1) is 24.8. The van der Waals surface area contributed by atoms with Crippen molar-refractivity contribution in [2.75, 3.05) is 24.3 Å². The molecule has 0 saturated heterocycles. The summed E-state index contributed by atoms with van der Waals surface area (Å²) in [6.45, 7) is 6.83. The van der Waals surface area contributed by atoms with Gasteiger partial charge in [-0.15, -0.1) is 0 Å². The molecule has 2 atom stereocenters. The Labute approximate surface area is 199 Å². The average molecular weight is 450 g/mol. The molecule has 5 heteroatoms. The molecule has 2 aromatic carbocycles. The highest BCUT2D eigenvalue weighted by Crippen LogP contribution is 2.31. The van der Waals surface area contributed by atoms with Crippen LogP contribution in [0.2, 0.25) is 0 Å². The minimum absolute atomic E-state index is 0.106. The van der Waals surface area contributed by atoms with Crippen LogP contribution >= 0.6 is 0 Å². The van der Waals surface area contributed by atoms with Gasteiger partial charge in [-0.3, -0.25) is 9.59 Å². The van der Waals surface area contributed by atoms with Gasteiger partial charge in [0.05, 0.1) is 5.92 Å². The lowest BCUT2D eigenvalue weighted by Crippen LogP contribution is -2.41. The van der Waals surface area contributed by atoms with Gasteiger partial charge in [0.25, 0.3) is 0 Å². The van der Waals surface area contributed by atoms with Crippen molar-refractivity contribution in [3.8, 4) is 0 Å². The highest BCUT2D eigenvalue weighted by Gasteiger charge is 2.29. The van der Waals surface area contributed by atoms with Crippen molar-refractivity contribution < 1.29 is 9.59 Å². The Kier molecular flexibility index (Phi) is 8.54. The lowest BCUT2D eigenvalue weighted by atomic mass is 9.85. The molecule has 1 saturated carbocycles. The van der Waals surface area contributed by atoms with Gasteiger partial charge >= 0.3 is 0 Å². The molecule has 0 aliphatic heterocycles. The molecule has 0 aromatic heterocycles. The zero-order valence-corrected chi connectivity index (χ0v) is 20.8. The molecule has 0 radical (unpaired) electrons. The SMILES string of the molecule is CCC(C(=O)N(Cc1cc(NC(=O)C2CCC2)ccc1N(C)C)C(C)CC)c1ccccc1. The van der Waals surface area contributed by atoms with E-state index in [0.717, 1.165) is 54.6 Å². The molecule has 2 aromatic rings. The third kappa shape index (κ3) is 5.95. The molecule has 0 heterocycles. The fourth-order valence-electron chi connectivity index (χ4n) is 4.43. The quantitative estimate of drug-likeness (QED) is 0.498. The van der Waals surface area contributed by atoms with E-state index in [1.165, 1.54) is 0 Å². The number of nitrogens with one attached hydrogen (secondary N) is 1. The van der Waals surface area contributed by atoms with E-state index in [0.29, 0.717) is 6.54 Å². The lowest BCUT2D eigenvalue weighted by Gasteiger charge is -2.33. The summed E-state index contributed by atoms with van der Waals surface area (Å²) in [4.78, 5) is 30.4. The number of carbonyl (C=O) groups is 2. The Balaban J connectivity index is 1.90. The van der Waals surface area contributed by atoms with Crippen molar-refractivity contribution >= 4 is 23.2 Å². The van der Waals surface area contributed by atoms with E-state index in [4.69, 9.17) is 0 Å². The Morgan fingerprint density at radius 2 is 1.73 bits per heavy atom. The maximum Gasteiger partial charge on any atom is 0.230 e. The van der Waals surface area contributed by atoms with Gasteiger partial charge in [-0.25, -0.2) is 0 Å². The molecule has 5 nitrogen and oxygen atoms in total. The smallest absolute Gasteiger partial charge is 0.230 e. The second-order valence-corrected chi connectivity index (χ2v) is 9.45. The number of nitrogens with zero attached hydrogens (tertiary/aromatic N) is 2. The normalized spacial score (nSPS) is 15.3. The van der Waals surface area contributed by atoms with Crippen LogP contribution in [0.3, 0.4) is 0 Å². The zero-order valence-electron chi connectivity index (χ0n) is 20.8. The van der Waals surface area contributed by atoms with Crippen molar-refractivity contribution in [1.82, 2.24) is 4.90 Å². The van der Waals surface area contributed by atoms with Gasteiger partial charge in [-0.1, -0.05) is 50.6 Å².